The molecule has 43 heavy (non-hydrogen) atoms. The molecule has 1 amide bonds. The van der Waals surface area contributed by atoms with E-state index in [4.69, 9.17) is 14.5 Å². The molecule has 4 aromatic rings. The standard InChI is InChI=1S/C32H39N5O6/c1-7-8-17-35-28-27(29(39)36(31(35)41)19-23-11-9-10-12-25(23)42-6)37(20-43-30(40)32(3,4)5)26(34-28)18-22-13-15-24(16-14-22)33-21(2)38/h9-16H,7-8,17-20H2,1-6H3,(H,33,38). The third-order valence-corrected chi connectivity index (χ3v) is 7.02. The second-order valence-corrected chi connectivity index (χ2v) is 11.5. The van der Waals surface area contributed by atoms with E-state index in [1.165, 1.54) is 23.2 Å². The van der Waals surface area contributed by atoms with Crippen molar-refractivity contribution in [1.82, 2.24) is 18.7 Å². The minimum absolute atomic E-state index is 0.00333. The van der Waals surface area contributed by atoms with Gasteiger partial charge in [-0.3, -0.25) is 28.1 Å². The monoisotopic (exact) mass is 589 g/mol. The SMILES string of the molecule is CCCCn1c(=O)n(Cc2ccccc2OC)c(=O)c2c1nc(Cc1ccc(NC(C)=O)cc1)n2COC(=O)C(C)(C)C. The van der Waals surface area contributed by atoms with E-state index in [1.807, 2.05) is 37.3 Å². The predicted molar refractivity (Wildman–Crippen MR) is 164 cm³/mol. The Morgan fingerprint density at radius 2 is 1.67 bits per heavy atom. The summed E-state index contributed by atoms with van der Waals surface area (Å²) in [5, 5.41) is 2.74. The highest BCUT2D eigenvalue weighted by Gasteiger charge is 2.26. The molecule has 0 saturated carbocycles. The van der Waals surface area contributed by atoms with Crippen molar-refractivity contribution in [1.29, 1.82) is 0 Å². The van der Waals surface area contributed by atoms with Crippen molar-refractivity contribution >= 4 is 28.7 Å². The molecular weight excluding hydrogens is 550 g/mol. The number of nitrogens with zero attached hydrogens (tertiary/aromatic N) is 4. The normalized spacial score (nSPS) is 11.5. The van der Waals surface area contributed by atoms with Crippen LogP contribution in [0.4, 0.5) is 5.69 Å². The van der Waals surface area contributed by atoms with Crippen molar-refractivity contribution in [3.8, 4) is 5.75 Å². The molecule has 0 aliphatic heterocycles. The maximum absolute atomic E-state index is 14.1. The number of carbonyl (C=O) groups excluding carboxylic acids is 2. The highest BCUT2D eigenvalue weighted by Crippen LogP contribution is 2.22. The third-order valence-electron chi connectivity index (χ3n) is 7.02. The van der Waals surface area contributed by atoms with E-state index in [1.54, 1.807) is 43.5 Å². The smallest absolute Gasteiger partial charge is 0.333 e. The number of hydrogen-bond acceptors (Lipinski definition) is 7. The summed E-state index contributed by atoms with van der Waals surface area (Å²) in [5.74, 6) is 0.407. The molecule has 0 unspecified atom stereocenters. The average Bonchev–Trinajstić information content (AvgIpc) is 3.32. The fourth-order valence-electron chi connectivity index (χ4n) is 4.70. The number of methoxy groups -OCH3 is 1. The van der Waals surface area contributed by atoms with Crippen LogP contribution in [-0.4, -0.2) is 37.7 Å². The zero-order chi connectivity index (χ0) is 31.3. The topological polar surface area (TPSA) is 126 Å². The Hall–Kier alpha value is -4.67. The van der Waals surface area contributed by atoms with Crippen molar-refractivity contribution in [2.75, 3.05) is 12.4 Å². The van der Waals surface area contributed by atoms with Crippen LogP contribution in [0.2, 0.25) is 0 Å². The summed E-state index contributed by atoms with van der Waals surface area (Å²) in [6.07, 6.45) is 1.82. The number of aromatic nitrogens is 4. The molecule has 0 spiro atoms. The van der Waals surface area contributed by atoms with Crippen molar-refractivity contribution in [3.05, 3.63) is 86.3 Å². The second kappa shape index (κ2) is 13.1. The number of benzene rings is 2. The molecule has 1 N–H and O–H groups in total. The first kappa shape index (κ1) is 31.3. The number of imidazole rings is 1. The molecule has 0 aliphatic carbocycles. The van der Waals surface area contributed by atoms with E-state index >= 15 is 0 Å². The summed E-state index contributed by atoms with van der Waals surface area (Å²) in [4.78, 5) is 57.0. The average molecular weight is 590 g/mol. The molecule has 11 heteroatoms. The Morgan fingerprint density at radius 3 is 2.30 bits per heavy atom. The van der Waals surface area contributed by atoms with Crippen LogP contribution in [0.1, 0.15) is 64.4 Å². The Kier molecular flexibility index (Phi) is 9.53. The number of anilines is 1. The molecule has 0 saturated heterocycles. The molecule has 2 aromatic carbocycles. The quantitative estimate of drug-likeness (QED) is 0.258. The fourth-order valence-corrected chi connectivity index (χ4v) is 4.70. The third kappa shape index (κ3) is 7.04. The lowest BCUT2D eigenvalue weighted by atomic mass is 9.98. The van der Waals surface area contributed by atoms with Crippen LogP contribution in [0, 0.1) is 5.41 Å². The van der Waals surface area contributed by atoms with Crippen molar-refractivity contribution in [2.24, 2.45) is 5.41 Å². The summed E-state index contributed by atoms with van der Waals surface area (Å²) >= 11 is 0. The number of amides is 1. The van der Waals surface area contributed by atoms with E-state index in [2.05, 4.69) is 5.32 Å². The van der Waals surface area contributed by atoms with E-state index in [0.717, 1.165) is 12.0 Å². The highest BCUT2D eigenvalue weighted by atomic mass is 16.5. The molecule has 4 rings (SSSR count). The first-order valence-electron chi connectivity index (χ1n) is 14.3. The lowest BCUT2D eigenvalue weighted by molar-refractivity contribution is -0.156. The van der Waals surface area contributed by atoms with Gasteiger partial charge in [0.05, 0.1) is 19.1 Å². The number of ether oxygens (including phenoxy) is 2. The summed E-state index contributed by atoms with van der Waals surface area (Å²) in [6, 6.07) is 14.5. The van der Waals surface area contributed by atoms with Crippen molar-refractivity contribution in [3.63, 3.8) is 0 Å². The van der Waals surface area contributed by atoms with Gasteiger partial charge in [0.1, 0.15) is 11.6 Å². The zero-order valence-corrected chi connectivity index (χ0v) is 25.6. The number of hydrogen-bond donors (Lipinski definition) is 1. The highest BCUT2D eigenvalue weighted by molar-refractivity contribution is 5.88. The van der Waals surface area contributed by atoms with Crippen LogP contribution in [-0.2, 0) is 40.6 Å². The number of rotatable bonds is 11. The van der Waals surface area contributed by atoms with Crippen LogP contribution < -0.4 is 21.3 Å². The molecule has 228 valence electrons. The summed E-state index contributed by atoms with van der Waals surface area (Å²) in [5.41, 5.74) is 0.832. The Morgan fingerprint density at radius 1 is 0.977 bits per heavy atom. The minimum Gasteiger partial charge on any atom is -0.496 e. The van der Waals surface area contributed by atoms with Gasteiger partial charge >= 0.3 is 11.7 Å². The van der Waals surface area contributed by atoms with Gasteiger partial charge in [-0.15, -0.1) is 0 Å². The van der Waals surface area contributed by atoms with Crippen molar-refractivity contribution in [2.45, 2.75) is 73.7 Å². The van der Waals surface area contributed by atoms with E-state index < -0.39 is 22.6 Å². The maximum Gasteiger partial charge on any atom is 0.333 e. The first-order valence-corrected chi connectivity index (χ1v) is 14.3. The second-order valence-electron chi connectivity index (χ2n) is 11.5. The predicted octanol–water partition coefficient (Wildman–Crippen LogP) is 4.31. The number of para-hydroxylation sites is 1. The van der Waals surface area contributed by atoms with Gasteiger partial charge in [-0.1, -0.05) is 43.7 Å². The largest absolute Gasteiger partial charge is 0.496 e. The molecule has 2 aromatic heterocycles. The maximum atomic E-state index is 14.1. The summed E-state index contributed by atoms with van der Waals surface area (Å²) in [7, 11) is 1.54. The Balaban J connectivity index is 1.91. The van der Waals surface area contributed by atoms with Gasteiger partial charge in [-0.25, -0.2) is 9.78 Å². The van der Waals surface area contributed by atoms with Crippen LogP contribution in [0.25, 0.3) is 11.2 Å². The van der Waals surface area contributed by atoms with Gasteiger partial charge < -0.3 is 14.8 Å². The molecular formula is C32H39N5O6. The molecule has 0 bridgehead atoms. The Labute approximate surface area is 250 Å². The lowest BCUT2D eigenvalue weighted by Gasteiger charge is -2.18. The van der Waals surface area contributed by atoms with Crippen molar-refractivity contribution < 1.29 is 19.1 Å². The van der Waals surface area contributed by atoms with Gasteiger partial charge in [-0.05, 0) is 51.0 Å². The van der Waals surface area contributed by atoms with Gasteiger partial charge in [0.2, 0.25) is 5.91 Å². The number of nitrogens with one attached hydrogen (secondary N) is 1. The number of unbranched alkanes of at least 4 members (excludes halogenated alkanes) is 1. The number of esters is 1. The number of aryl methyl sites for hydroxylation is 1. The van der Waals surface area contributed by atoms with Gasteiger partial charge in [-0.2, -0.15) is 0 Å². The van der Waals surface area contributed by atoms with E-state index in [0.29, 0.717) is 35.8 Å². The van der Waals surface area contributed by atoms with E-state index in [9.17, 15) is 19.2 Å². The minimum atomic E-state index is -0.761. The van der Waals surface area contributed by atoms with Gasteiger partial charge in [0.15, 0.2) is 17.9 Å². The van der Waals surface area contributed by atoms with Gasteiger partial charge in [0, 0.05) is 31.1 Å². The first-order chi connectivity index (χ1) is 20.4. The molecule has 0 atom stereocenters. The van der Waals surface area contributed by atoms with Crippen LogP contribution in [0.15, 0.2) is 58.1 Å². The van der Waals surface area contributed by atoms with Gasteiger partial charge in [0.25, 0.3) is 5.56 Å². The van der Waals surface area contributed by atoms with E-state index in [-0.39, 0.29) is 36.8 Å². The van der Waals surface area contributed by atoms with Crippen LogP contribution in [0.3, 0.4) is 0 Å². The molecule has 2 heterocycles. The fraction of sp³-hybridized carbons (Fsp3) is 0.406. The molecule has 0 aliphatic rings. The number of carbonyl (C=O) groups is 2. The van der Waals surface area contributed by atoms with Crippen LogP contribution in [0.5, 0.6) is 5.75 Å². The lowest BCUT2D eigenvalue weighted by Crippen LogP contribution is -2.41. The summed E-state index contributed by atoms with van der Waals surface area (Å²) in [6.45, 7) is 8.83. The summed E-state index contributed by atoms with van der Waals surface area (Å²) < 4.78 is 15.5. The zero-order valence-electron chi connectivity index (χ0n) is 25.6. The molecule has 0 radical (unpaired) electrons. The molecule has 0 fully saturated rings. The Bertz CT molecular complexity index is 1740. The number of fused-ring (bicyclic) bond motifs is 1. The van der Waals surface area contributed by atoms with Crippen LogP contribution >= 0.6 is 0 Å². The molecule has 11 nitrogen and oxygen atoms in total.